The zero-order valence-corrected chi connectivity index (χ0v) is 16.1. The van der Waals surface area contributed by atoms with Gasteiger partial charge in [0.2, 0.25) is 0 Å². The molecule has 4 rings (SSSR count). The summed E-state index contributed by atoms with van der Waals surface area (Å²) in [4.78, 5) is 16.4. The molecule has 2 heterocycles. The molecule has 2 aliphatic heterocycles. The fourth-order valence-corrected chi connectivity index (χ4v) is 5.33. The minimum Gasteiger partial charge on any atom is -0.450 e. The van der Waals surface area contributed by atoms with Gasteiger partial charge >= 0.3 is 6.09 Å². The lowest BCUT2D eigenvalue weighted by Crippen LogP contribution is -2.46. The van der Waals surface area contributed by atoms with E-state index in [9.17, 15) is 4.79 Å². The number of amides is 1. The van der Waals surface area contributed by atoms with Crippen molar-refractivity contribution in [2.24, 2.45) is 5.92 Å². The van der Waals surface area contributed by atoms with Crippen LogP contribution < -0.4 is 0 Å². The number of hydrogen-bond acceptors (Lipinski definition) is 3. The van der Waals surface area contributed by atoms with Gasteiger partial charge in [-0.15, -0.1) is 0 Å². The molecule has 1 aromatic carbocycles. The summed E-state index contributed by atoms with van der Waals surface area (Å²) in [5.41, 5.74) is 3.69. The van der Waals surface area contributed by atoms with Gasteiger partial charge in [-0.2, -0.15) is 0 Å². The second-order valence-electron chi connectivity index (χ2n) is 8.37. The van der Waals surface area contributed by atoms with Gasteiger partial charge in [-0.05, 0) is 81.0 Å². The van der Waals surface area contributed by atoms with E-state index >= 15 is 0 Å². The summed E-state index contributed by atoms with van der Waals surface area (Å²) in [5, 5.41) is 0. The number of hydrogen-bond donors (Lipinski definition) is 0. The van der Waals surface area contributed by atoms with Crippen molar-refractivity contribution in [3.8, 4) is 0 Å². The second-order valence-corrected chi connectivity index (χ2v) is 8.37. The first-order chi connectivity index (χ1) is 12.7. The van der Waals surface area contributed by atoms with Gasteiger partial charge in [-0.25, -0.2) is 4.79 Å². The third-order valence-corrected chi connectivity index (χ3v) is 6.93. The summed E-state index contributed by atoms with van der Waals surface area (Å²) in [7, 11) is 0. The molecule has 4 heteroatoms. The van der Waals surface area contributed by atoms with Gasteiger partial charge in [-0.1, -0.05) is 24.3 Å². The van der Waals surface area contributed by atoms with Crippen LogP contribution in [0.2, 0.25) is 0 Å². The monoisotopic (exact) mass is 356 g/mol. The van der Waals surface area contributed by atoms with Gasteiger partial charge in [0.05, 0.1) is 6.61 Å². The lowest BCUT2D eigenvalue weighted by atomic mass is 9.73. The molecule has 26 heavy (non-hydrogen) atoms. The molecule has 4 nitrogen and oxygen atoms in total. The number of aryl methyl sites for hydroxylation is 1. The number of carbonyl (C=O) groups is 1. The lowest BCUT2D eigenvalue weighted by molar-refractivity contribution is 0.0789. The van der Waals surface area contributed by atoms with Crippen molar-refractivity contribution < 1.29 is 9.53 Å². The van der Waals surface area contributed by atoms with E-state index < -0.39 is 0 Å². The molecule has 2 fully saturated rings. The molecule has 0 atom stereocenters. The Hall–Kier alpha value is -1.55. The van der Waals surface area contributed by atoms with Crippen LogP contribution in [-0.4, -0.2) is 55.2 Å². The number of fused-ring (bicyclic) bond motifs is 2. The molecule has 1 aliphatic carbocycles. The number of likely N-dealkylation sites (tertiary alicyclic amines) is 2. The van der Waals surface area contributed by atoms with E-state index in [-0.39, 0.29) is 6.09 Å². The van der Waals surface area contributed by atoms with Crippen molar-refractivity contribution in [3.63, 3.8) is 0 Å². The summed E-state index contributed by atoms with van der Waals surface area (Å²) < 4.78 is 5.13. The van der Waals surface area contributed by atoms with Crippen LogP contribution >= 0.6 is 0 Å². The number of rotatable bonds is 3. The number of nitrogens with zero attached hydrogens (tertiary/aromatic N) is 2. The van der Waals surface area contributed by atoms with Crippen LogP contribution in [-0.2, 0) is 16.6 Å². The molecule has 0 bridgehead atoms. The Morgan fingerprint density at radius 3 is 2.58 bits per heavy atom. The Morgan fingerprint density at radius 1 is 1.12 bits per heavy atom. The molecule has 1 amide bonds. The summed E-state index contributed by atoms with van der Waals surface area (Å²) in [6.45, 7) is 7.71. The molecule has 0 unspecified atom stereocenters. The Morgan fingerprint density at radius 2 is 1.85 bits per heavy atom. The smallest absolute Gasteiger partial charge is 0.409 e. The molecule has 2 saturated heterocycles. The van der Waals surface area contributed by atoms with Crippen LogP contribution in [0.25, 0.3) is 0 Å². The van der Waals surface area contributed by atoms with Crippen LogP contribution in [0.1, 0.15) is 50.2 Å². The fourth-order valence-electron chi connectivity index (χ4n) is 5.33. The Labute approximate surface area is 157 Å². The van der Waals surface area contributed by atoms with Gasteiger partial charge in [0.1, 0.15) is 0 Å². The van der Waals surface area contributed by atoms with Crippen molar-refractivity contribution in [2.75, 3.05) is 39.3 Å². The third kappa shape index (κ3) is 3.48. The highest BCUT2D eigenvalue weighted by Crippen LogP contribution is 2.46. The number of benzene rings is 1. The standard InChI is InChI=1S/C22H32N2O2/c1-2-26-21(25)24-13-8-18(9-14-24)17-23-15-11-22(12-16-23)10-7-19-5-3-4-6-20(19)22/h3-6,18H,2,7-17H2,1H3. The van der Waals surface area contributed by atoms with Crippen LogP contribution in [0.3, 0.4) is 0 Å². The van der Waals surface area contributed by atoms with E-state index in [1.807, 2.05) is 11.8 Å². The molecule has 0 saturated carbocycles. The van der Waals surface area contributed by atoms with E-state index in [1.165, 1.54) is 45.3 Å². The Bertz CT molecular complexity index is 629. The normalized spacial score (nSPS) is 23.2. The van der Waals surface area contributed by atoms with E-state index in [0.29, 0.717) is 12.0 Å². The second kappa shape index (κ2) is 7.59. The largest absolute Gasteiger partial charge is 0.450 e. The topological polar surface area (TPSA) is 32.8 Å². The minimum absolute atomic E-state index is 0.134. The quantitative estimate of drug-likeness (QED) is 0.825. The van der Waals surface area contributed by atoms with Crippen molar-refractivity contribution >= 4 is 6.09 Å². The number of ether oxygens (including phenoxy) is 1. The van der Waals surface area contributed by atoms with Gasteiger partial charge in [0, 0.05) is 19.6 Å². The van der Waals surface area contributed by atoms with Crippen LogP contribution in [0.15, 0.2) is 24.3 Å². The molecule has 1 spiro atoms. The molecule has 0 N–H and O–H groups in total. The molecule has 142 valence electrons. The van der Waals surface area contributed by atoms with Crippen molar-refractivity contribution in [1.82, 2.24) is 9.80 Å². The third-order valence-electron chi connectivity index (χ3n) is 6.93. The summed E-state index contributed by atoms with van der Waals surface area (Å²) in [6.07, 6.45) is 7.33. The average molecular weight is 357 g/mol. The maximum Gasteiger partial charge on any atom is 0.409 e. The van der Waals surface area contributed by atoms with E-state index in [2.05, 4.69) is 29.2 Å². The Balaban J connectivity index is 1.26. The van der Waals surface area contributed by atoms with E-state index in [0.717, 1.165) is 31.8 Å². The maximum absolute atomic E-state index is 11.8. The summed E-state index contributed by atoms with van der Waals surface area (Å²) >= 11 is 0. The van der Waals surface area contributed by atoms with Gasteiger partial charge in [-0.3, -0.25) is 0 Å². The molecule has 0 radical (unpaired) electrons. The average Bonchev–Trinajstić information content (AvgIpc) is 3.03. The van der Waals surface area contributed by atoms with Crippen LogP contribution in [0, 0.1) is 5.92 Å². The summed E-state index contributed by atoms with van der Waals surface area (Å²) in [6, 6.07) is 9.11. The minimum atomic E-state index is -0.134. The first kappa shape index (κ1) is 17.8. The highest BCUT2D eigenvalue weighted by atomic mass is 16.6. The molecular weight excluding hydrogens is 324 g/mol. The maximum atomic E-state index is 11.8. The molecular formula is C22H32N2O2. The van der Waals surface area contributed by atoms with Crippen molar-refractivity contribution in [1.29, 1.82) is 0 Å². The molecule has 0 aromatic heterocycles. The predicted octanol–water partition coefficient (Wildman–Crippen LogP) is 3.83. The van der Waals surface area contributed by atoms with Crippen molar-refractivity contribution in [2.45, 2.75) is 50.9 Å². The number of carbonyl (C=O) groups excluding carboxylic acids is 1. The molecule has 1 aromatic rings. The van der Waals surface area contributed by atoms with Gasteiger partial charge in [0.25, 0.3) is 0 Å². The fraction of sp³-hybridized carbons (Fsp3) is 0.682. The zero-order chi connectivity index (χ0) is 18.0. The first-order valence-electron chi connectivity index (χ1n) is 10.4. The van der Waals surface area contributed by atoms with E-state index in [1.54, 1.807) is 11.1 Å². The SMILES string of the molecule is CCOC(=O)N1CCC(CN2CCC3(CCc4ccccc43)CC2)CC1. The Kier molecular flexibility index (Phi) is 5.21. The van der Waals surface area contributed by atoms with Gasteiger partial charge in [0.15, 0.2) is 0 Å². The van der Waals surface area contributed by atoms with E-state index in [4.69, 9.17) is 4.74 Å². The lowest BCUT2D eigenvalue weighted by Gasteiger charge is -2.42. The first-order valence-corrected chi connectivity index (χ1v) is 10.4. The predicted molar refractivity (Wildman–Crippen MR) is 103 cm³/mol. The zero-order valence-electron chi connectivity index (χ0n) is 16.1. The summed E-state index contributed by atoms with van der Waals surface area (Å²) in [5.74, 6) is 0.727. The highest BCUT2D eigenvalue weighted by Gasteiger charge is 2.41. The number of piperidine rings is 2. The van der Waals surface area contributed by atoms with Gasteiger partial charge < -0.3 is 14.5 Å². The van der Waals surface area contributed by atoms with Crippen LogP contribution in [0.4, 0.5) is 4.79 Å². The molecule has 3 aliphatic rings. The highest BCUT2D eigenvalue weighted by molar-refractivity contribution is 5.67. The van der Waals surface area contributed by atoms with Crippen molar-refractivity contribution in [3.05, 3.63) is 35.4 Å². The van der Waals surface area contributed by atoms with Crippen LogP contribution in [0.5, 0.6) is 0 Å².